The lowest BCUT2D eigenvalue weighted by atomic mass is 9.75. The molecule has 3 saturated heterocycles. The zero-order chi connectivity index (χ0) is 12.4. The Morgan fingerprint density at radius 2 is 2.00 bits per heavy atom. The van der Waals surface area contributed by atoms with E-state index in [9.17, 15) is 0 Å². The van der Waals surface area contributed by atoms with Crippen LogP contribution in [0, 0.1) is 18.3 Å². The smallest absolute Gasteiger partial charge is 0.144 e. The van der Waals surface area contributed by atoms with Gasteiger partial charge in [0.05, 0.1) is 6.61 Å². The fraction of sp³-hybridized carbons (Fsp3) is 0.500. The van der Waals surface area contributed by atoms with Crippen LogP contribution in [0.5, 0.6) is 0 Å². The Morgan fingerprint density at radius 1 is 1.28 bits per heavy atom. The summed E-state index contributed by atoms with van der Waals surface area (Å²) in [5, 5.41) is 0. The molecule has 0 aliphatic carbocycles. The fourth-order valence-electron chi connectivity index (χ4n) is 3.17. The minimum atomic E-state index is -0.355. The minimum Gasteiger partial charge on any atom is -0.356 e. The molecule has 2 heteroatoms. The first-order chi connectivity index (χ1) is 8.82. The number of piperidine rings is 3. The van der Waals surface area contributed by atoms with Crippen molar-refractivity contribution in [2.75, 3.05) is 19.6 Å². The predicted octanol–water partition coefficient (Wildman–Crippen LogP) is 2.30. The van der Waals surface area contributed by atoms with Crippen LogP contribution in [0.15, 0.2) is 30.3 Å². The molecule has 1 atom stereocenters. The highest BCUT2D eigenvalue weighted by Gasteiger charge is 2.46. The number of nitrogens with zero attached hydrogens (tertiary/aromatic N) is 1. The number of terminal acetylenes is 1. The van der Waals surface area contributed by atoms with E-state index in [1.165, 1.54) is 31.5 Å². The number of rotatable bonds is 3. The van der Waals surface area contributed by atoms with Crippen molar-refractivity contribution in [3.8, 4) is 12.3 Å². The summed E-state index contributed by atoms with van der Waals surface area (Å²) in [5.74, 6) is 3.49. The largest absolute Gasteiger partial charge is 0.356 e. The topological polar surface area (TPSA) is 12.5 Å². The highest BCUT2D eigenvalue weighted by Crippen LogP contribution is 2.38. The molecule has 0 radical (unpaired) electrons. The quantitative estimate of drug-likeness (QED) is 0.753. The number of benzene rings is 1. The molecule has 3 fully saturated rings. The van der Waals surface area contributed by atoms with Crippen LogP contribution in [0.4, 0.5) is 0 Å². The molecule has 4 rings (SSSR count). The van der Waals surface area contributed by atoms with E-state index in [-0.39, 0.29) is 5.60 Å². The summed E-state index contributed by atoms with van der Waals surface area (Å²) >= 11 is 0. The Kier molecular flexibility index (Phi) is 3.11. The van der Waals surface area contributed by atoms with E-state index < -0.39 is 0 Å². The van der Waals surface area contributed by atoms with Crippen LogP contribution in [0.2, 0.25) is 0 Å². The lowest BCUT2D eigenvalue weighted by Gasteiger charge is -2.50. The lowest BCUT2D eigenvalue weighted by Crippen LogP contribution is -2.59. The Labute approximate surface area is 109 Å². The molecule has 1 aromatic carbocycles. The third kappa shape index (κ3) is 2.05. The zero-order valence-electron chi connectivity index (χ0n) is 10.6. The molecule has 0 spiro atoms. The molecular weight excluding hydrogens is 222 g/mol. The van der Waals surface area contributed by atoms with Crippen molar-refractivity contribution in [2.45, 2.75) is 25.0 Å². The second kappa shape index (κ2) is 4.76. The van der Waals surface area contributed by atoms with Crippen molar-refractivity contribution in [3.05, 3.63) is 35.9 Å². The molecule has 0 amide bonds. The van der Waals surface area contributed by atoms with E-state index in [0.29, 0.717) is 12.5 Å². The third-order valence-electron chi connectivity index (χ3n) is 4.29. The lowest BCUT2D eigenvalue weighted by molar-refractivity contribution is -0.123. The average molecular weight is 241 g/mol. The van der Waals surface area contributed by atoms with Crippen molar-refractivity contribution in [2.24, 2.45) is 5.92 Å². The van der Waals surface area contributed by atoms with Crippen LogP contribution in [0.3, 0.4) is 0 Å². The number of hydrogen-bond acceptors (Lipinski definition) is 2. The molecule has 2 bridgehead atoms. The van der Waals surface area contributed by atoms with Gasteiger partial charge < -0.3 is 4.74 Å². The maximum atomic E-state index is 6.16. The number of ether oxygens (including phenoxy) is 1. The highest BCUT2D eigenvalue weighted by atomic mass is 16.5. The monoisotopic (exact) mass is 241 g/mol. The Bertz CT molecular complexity index is 442. The van der Waals surface area contributed by atoms with Gasteiger partial charge in [0.15, 0.2) is 0 Å². The van der Waals surface area contributed by atoms with Gasteiger partial charge in [-0.2, -0.15) is 0 Å². The molecule has 3 aliphatic rings. The molecule has 2 nitrogen and oxygen atoms in total. The van der Waals surface area contributed by atoms with Gasteiger partial charge in [-0.05, 0) is 31.5 Å². The van der Waals surface area contributed by atoms with Crippen LogP contribution in [-0.4, -0.2) is 30.1 Å². The van der Waals surface area contributed by atoms with E-state index in [4.69, 9.17) is 11.2 Å². The number of hydrogen-bond donors (Lipinski definition) is 0. The maximum absolute atomic E-state index is 6.16. The van der Waals surface area contributed by atoms with Gasteiger partial charge in [-0.1, -0.05) is 36.3 Å². The van der Waals surface area contributed by atoms with Crippen LogP contribution < -0.4 is 0 Å². The molecule has 94 valence electrons. The minimum absolute atomic E-state index is 0.355. The van der Waals surface area contributed by atoms with Gasteiger partial charge in [-0.15, -0.1) is 6.42 Å². The van der Waals surface area contributed by atoms with Crippen molar-refractivity contribution >= 4 is 0 Å². The summed E-state index contributed by atoms with van der Waals surface area (Å²) in [5.41, 5.74) is 0.843. The Morgan fingerprint density at radius 3 is 2.56 bits per heavy atom. The predicted molar refractivity (Wildman–Crippen MR) is 72.0 cm³/mol. The summed E-state index contributed by atoms with van der Waals surface area (Å²) in [7, 11) is 0. The first-order valence-electron chi connectivity index (χ1n) is 6.70. The molecule has 0 saturated carbocycles. The van der Waals surface area contributed by atoms with Gasteiger partial charge in [0.1, 0.15) is 5.60 Å². The molecule has 0 N–H and O–H groups in total. The summed E-state index contributed by atoms with van der Waals surface area (Å²) < 4.78 is 6.16. The third-order valence-corrected chi connectivity index (χ3v) is 4.29. The molecule has 1 aromatic rings. The maximum Gasteiger partial charge on any atom is 0.144 e. The van der Waals surface area contributed by atoms with Gasteiger partial charge >= 0.3 is 0 Å². The van der Waals surface area contributed by atoms with E-state index in [0.717, 1.165) is 6.54 Å². The zero-order valence-corrected chi connectivity index (χ0v) is 10.6. The van der Waals surface area contributed by atoms with E-state index in [2.05, 4.69) is 23.0 Å². The number of fused-ring (bicyclic) bond motifs is 3. The van der Waals surface area contributed by atoms with E-state index >= 15 is 0 Å². The van der Waals surface area contributed by atoms with Crippen molar-refractivity contribution in [3.63, 3.8) is 0 Å². The van der Waals surface area contributed by atoms with Crippen molar-refractivity contribution < 1.29 is 4.74 Å². The SMILES string of the molecule is C#C[C@@]1(OCc2ccccc2)CN2CCC1CC2. The Hall–Kier alpha value is -1.30. The van der Waals surface area contributed by atoms with Crippen molar-refractivity contribution in [1.82, 2.24) is 4.90 Å². The molecule has 18 heavy (non-hydrogen) atoms. The fourth-order valence-corrected chi connectivity index (χ4v) is 3.17. The van der Waals surface area contributed by atoms with Crippen LogP contribution in [0.1, 0.15) is 18.4 Å². The van der Waals surface area contributed by atoms with Crippen LogP contribution in [-0.2, 0) is 11.3 Å². The van der Waals surface area contributed by atoms with Gasteiger partial charge in [0, 0.05) is 12.5 Å². The Balaban J connectivity index is 1.72. The summed E-state index contributed by atoms with van der Waals surface area (Å²) in [4.78, 5) is 2.44. The molecular formula is C16H19NO. The summed E-state index contributed by atoms with van der Waals surface area (Å²) in [6, 6.07) is 10.3. The average Bonchev–Trinajstić information content (AvgIpc) is 2.47. The van der Waals surface area contributed by atoms with Gasteiger partial charge in [-0.3, -0.25) is 4.90 Å². The van der Waals surface area contributed by atoms with Crippen molar-refractivity contribution in [1.29, 1.82) is 0 Å². The van der Waals surface area contributed by atoms with Gasteiger partial charge in [-0.25, -0.2) is 0 Å². The molecule has 3 aliphatic heterocycles. The van der Waals surface area contributed by atoms with Gasteiger partial charge in [0.25, 0.3) is 0 Å². The molecule has 0 unspecified atom stereocenters. The summed E-state index contributed by atoms with van der Waals surface area (Å²) in [6.45, 7) is 3.89. The van der Waals surface area contributed by atoms with Crippen LogP contribution in [0.25, 0.3) is 0 Å². The first-order valence-corrected chi connectivity index (χ1v) is 6.70. The summed E-state index contributed by atoms with van der Waals surface area (Å²) in [6.07, 6.45) is 8.15. The first kappa shape index (κ1) is 11.8. The molecule has 0 aromatic heterocycles. The standard InChI is InChI=1S/C16H19NO/c1-2-16(13-17-10-8-15(16)9-11-17)18-12-14-6-4-3-5-7-14/h1,3-7,15H,8-13H2/t16-/m1/s1. The van der Waals surface area contributed by atoms with E-state index in [1.807, 2.05) is 18.2 Å². The van der Waals surface area contributed by atoms with Gasteiger partial charge in [0.2, 0.25) is 0 Å². The normalized spacial score (nSPS) is 34.2. The van der Waals surface area contributed by atoms with Crippen LogP contribution >= 0.6 is 0 Å². The second-order valence-electron chi connectivity index (χ2n) is 5.36. The molecule has 3 heterocycles. The van der Waals surface area contributed by atoms with E-state index in [1.54, 1.807) is 0 Å². The highest BCUT2D eigenvalue weighted by molar-refractivity contribution is 5.19. The second-order valence-corrected chi connectivity index (χ2v) is 5.36.